The van der Waals surface area contributed by atoms with E-state index >= 15 is 0 Å². The first-order chi connectivity index (χ1) is 12.1. The molecule has 0 atom stereocenters. The Morgan fingerprint density at radius 1 is 0.760 bits per heavy atom. The van der Waals surface area contributed by atoms with Crippen LogP contribution in [0.2, 0.25) is 0 Å². The van der Waals surface area contributed by atoms with Crippen LogP contribution in [0.1, 0.15) is 57.4 Å². The number of hydrogen-bond acceptors (Lipinski definition) is 3. The molecule has 0 unspecified atom stereocenters. The second kappa shape index (κ2) is 10.2. The first-order valence-electron chi connectivity index (χ1n) is 9.20. The Labute approximate surface area is 152 Å². The molecule has 0 bridgehead atoms. The smallest absolute Gasteiger partial charge is 0.339 e. The summed E-state index contributed by atoms with van der Waals surface area (Å²) in [6.07, 6.45) is 9.95. The molecule has 0 spiro atoms. The summed E-state index contributed by atoms with van der Waals surface area (Å²) in [5.41, 5.74) is 1.17. The molecule has 0 radical (unpaired) electrons. The van der Waals surface area contributed by atoms with E-state index in [0.717, 1.165) is 12.8 Å². The van der Waals surface area contributed by atoms with Gasteiger partial charge in [0.25, 0.3) is 0 Å². The van der Waals surface area contributed by atoms with E-state index in [9.17, 15) is 8.42 Å². The number of unbranched alkanes of at least 4 members (excludes halogenated alkanes) is 6. The van der Waals surface area contributed by atoms with Crippen LogP contribution in [0.25, 0.3) is 0 Å². The lowest BCUT2D eigenvalue weighted by molar-refractivity contribution is 0.486. The Balaban J connectivity index is 1.81. The Kier molecular flexibility index (Phi) is 7.99. The quantitative estimate of drug-likeness (QED) is 0.379. The van der Waals surface area contributed by atoms with E-state index in [-0.39, 0.29) is 4.90 Å². The Morgan fingerprint density at radius 3 is 2.00 bits per heavy atom. The molecule has 0 heterocycles. The van der Waals surface area contributed by atoms with Crippen LogP contribution in [-0.4, -0.2) is 8.42 Å². The molecule has 2 aromatic rings. The van der Waals surface area contributed by atoms with Gasteiger partial charge in [-0.1, -0.05) is 75.8 Å². The Morgan fingerprint density at radius 2 is 1.36 bits per heavy atom. The molecule has 0 aliphatic rings. The molecule has 0 aliphatic heterocycles. The molecule has 4 heteroatoms. The number of hydrogen-bond donors (Lipinski definition) is 0. The van der Waals surface area contributed by atoms with Crippen LogP contribution in [-0.2, 0) is 16.5 Å². The fraction of sp³-hybridized carbons (Fsp3) is 0.429. The van der Waals surface area contributed by atoms with Gasteiger partial charge in [-0.05, 0) is 42.7 Å². The molecule has 0 N–H and O–H groups in total. The minimum Gasteiger partial charge on any atom is -0.379 e. The summed E-state index contributed by atoms with van der Waals surface area (Å²) in [5, 5.41) is 0. The third-order valence-electron chi connectivity index (χ3n) is 4.23. The summed E-state index contributed by atoms with van der Waals surface area (Å²) in [4.78, 5) is 0.194. The van der Waals surface area contributed by atoms with Crippen molar-refractivity contribution in [3.63, 3.8) is 0 Å². The molecular weight excluding hydrogens is 332 g/mol. The first kappa shape index (κ1) is 19.5. The lowest BCUT2D eigenvalue weighted by Gasteiger charge is -2.08. The molecule has 0 saturated carbocycles. The first-order valence-corrected chi connectivity index (χ1v) is 10.6. The fourth-order valence-electron chi connectivity index (χ4n) is 2.76. The molecule has 0 saturated heterocycles. The van der Waals surface area contributed by atoms with Crippen molar-refractivity contribution in [3.8, 4) is 5.75 Å². The molecule has 0 aromatic heterocycles. The van der Waals surface area contributed by atoms with Gasteiger partial charge < -0.3 is 4.18 Å². The van der Waals surface area contributed by atoms with Gasteiger partial charge in [-0.3, -0.25) is 0 Å². The standard InChI is InChI=1S/C21H28O3S/c1-2-3-4-5-6-7-9-12-19-15-17-21(18-16-19)25(22,23)24-20-13-10-8-11-14-20/h8,10-11,13-18H,2-7,9,12H2,1H3. The van der Waals surface area contributed by atoms with E-state index in [1.165, 1.54) is 44.1 Å². The van der Waals surface area contributed by atoms with E-state index in [2.05, 4.69) is 6.92 Å². The average Bonchev–Trinajstić information content (AvgIpc) is 2.62. The van der Waals surface area contributed by atoms with Crippen molar-refractivity contribution in [1.82, 2.24) is 0 Å². The maximum absolute atomic E-state index is 12.3. The fourth-order valence-corrected chi connectivity index (χ4v) is 3.69. The summed E-state index contributed by atoms with van der Waals surface area (Å²) in [7, 11) is -3.77. The van der Waals surface area contributed by atoms with E-state index in [1.807, 2.05) is 18.2 Å². The lowest BCUT2D eigenvalue weighted by Crippen LogP contribution is -2.09. The van der Waals surface area contributed by atoms with Crippen LogP contribution in [0.3, 0.4) is 0 Å². The van der Waals surface area contributed by atoms with E-state index in [4.69, 9.17) is 4.18 Å². The van der Waals surface area contributed by atoms with Crippen molar-refractivity contribution >= 4 is 10.1 Å². The van der Waals surface area contributed by atoms with Crippen LogP contribution >= 0.6 is 0 Å². The second-order valence-corrected chi connectivity index (χ2v) is 7.91. The van der Waals surface area contributed by atoms with E-state index in [0.29, 0.717) is 5.75 Å². The van der Waals surface area contributed by atoms with E-state index in [1.54, 1.807) is 36.4 Å². The monoisotopic (exact) mass is 360 g/mol. The van der Waals surface area contributed by atoms with Crippen LogP contribution in [0.15, 0.2) is 59.5 Å². The minimum atomic E-state index is -3.77. The highest BCUT2D eigenvalue weighted by Crippen LogP contribution is 2.19. The predicted octanol–water partition coefficient (Wildman–Crippen LogP) is 5.75. The van der Waals surface area contributed by atoms with Gasteiger partial charge in [0.2, 0.25) is 0 Å². The highest BCUT2D eigenvalue weighted by molar-refractivity contribution is 7.87. The number of rotatable bonds is 11. The van der Waals surface area contributed by atoms with Crippen molar-refractivity contribution in [2.75, 3.05) is 0 Å². The summed E-state index contributed by atoms with van der Waals surface area (Å²) in [6.45, 7) is 2.23. The van der Waals surface area contributed by atoms with Crippen LogP contribution in [0.4, 0.5) is 0 Å². The Hall–Kier alpha value is -1.81. The van der Waals surface area contributed by atoms with Crippen molar-refractivity contribution in [3.05, 3.63) is 60.2 Å². The minimum absolute atomic E-state index is 0.194. The van der Waals surface area contributed by atoms with Gasteiger partial charge in [0.05, 0.1) is 0 Å². The van der Waals surface area contributed by atoms with Crippen molar-refractivity contribution < 1.29 is 12.6 Å². The molecular formula is C21H28O3S. The molecule has 136 valence electrons. The zero-order valence-electron chi connectivity index (χ0n) is 15.0. The largest absolute Gasteiger partial charge is 0.379 e. The van der Waals surface area contributed by atoms with Gasteiger partial charge in [-0.2, -0.15) is 8.42 Å². The number of benzene rings is 2. The highest BCUT2D eigenvalue weighted by Gasteiger charge is 2.16. The van der Waals surface area contributed by atoms with Gasteiger partial charge in [-0.15, -0.1) is 0 Å². The van der Waals surface area contributed by atoms with Crippen LogP contribution in [0.5, 0.6) is 5.75 Å². The average molecular weight is 361 g/mol. The molecule has 3 nitrogen and oxygen atoms in total. The maximum atomic E-state index is 12.3. The SMILES string of the molecule is CCCCCCCCCc1ccc(S(=O)(=O)Oc2ccccc2)cc1. The summed E-state index contributed by atoms with van der Waals surface area (Å²) in [6, 6.07) is 15.6. The highest BCUT2D eigenvalue weighted by atomic mass is 32.2. The molecule has 25 heavy (non-hydrogen) atoms. The zero-order chi connectivity index (χ0) is 18.0. The Bertz CT molecular complexity index is 707. The van der Waals surface area contributed by atoms with Gasteiger partial charge in [-0.25, -0.2) is 0 Å². The van der Waals surface area contributed by atoms with E-state index < -0.39 is 10.1 Å². The molecule has 0 amide bonds. The van der Waals surface area contributed by atoms with Crippen molar-refractivity contribution in [1.29, 1.82) is 0 Å². The lowest BCUT2D eigenvalue weighted by atomic mass is 10.0. The van der Waals surface area contributed by atoms with Gasteiger partial charge in [0, 0.05) is 0 Å². The zero-order valence-corrected chi connectivity index (χ0v) is 15.8. The van der Waals surface area contributed by atoms with Gasteiger partial charge in [0.15, 0.2) is 0 Å². The summed E-state index contributed by atoms with van der Waals surface area (Å²) < 4.78 is 29.7. The third-order valence-corrected chi connectivity index (χ3v) is 5.49. The van der Waals surface area contributed by atoms with Crippen LogP contribution < -0.4 is 4.18 Å². The predicted molar refractivity (Wildman–Crippen MR) is 102 cm³/mol. The topological polar surface area (TPSA) is 43.4 Å². The number of para-hydroxylation sites is 1. The second-order valence-electron chi connectivity index (χ2n) is 6.37. The third kappa shape index (κ3) is 6.91. The number of aryl methyl sites for hydroxylation is 1. The van der Waals surface area contributed by atoms with Gasteiger partial charge in [0.1, 0.15) is 10.6 Å². The van der Waals surface area contributed by atoms with Gasteiger partial charge >= 0.3 is 10.1 Å². The van der Waals surface area contributed by atoms with Crippen molar-refractivity contribution in [2.24, 2.45) is 0 Å². The molecule has 2 aromatic carbocycles. The summed E-state index contributed by atoms with van der Waals surface area (Å²) in [5.74, 6) is 0.328. The maximum Gasteiger partial charge on any atom is 0.339 e. The molecule has 0 aliphatic carbocycles. The van der Waals surface area contributed by atoms with Crippen LogP contribution in [0, 0.1) is 0 Å². The molecule has 0 fully saturated rings. The normalized spacial score (nSPS) is 11.4. The van der Waals surface area contributed by atoms with Crippen molar-refractivity contribution in [2.45, 2.75) is 63.2 Å². The molecule has 2 rings (SSSR count). The summed E-state index contributed by atoms with van der Waals surface area (Å²) >= 11 is 0.